The molecule has 0 aliphatic heterocycles. The molecule has 1 amide bonds. The van der Waals surface area contributed by atoms with E-state index in [0.29, 0.717) is 5.56 Å². The summed E-state index contributed by atoms with van der Waals surface area (Å²) in [6.07, 6.45) is 0. The quantitative estimate of drug-likeness (QED) is 0.589. The summed E-state index contributed by atoms with van der Waals surface area (Å²) in [6, 6.07) is 10.7. The maximum Gasteiger partial charge on any atom is 0.330 e. The van der Waals surface area contributed by atoms with E-state index in [4.69, 9.17) is 9.47 Å². The van der Waals surface area contributed by atoms with Crippen molar-refractivity contribution in [1.29, 1.82) is 0 Å². The minimum absolute atomic E-state index is 0.0318. The summed E-state index contributed by atoms with van der Waals surface area (Å²) in [5.41, 5.74) is 0.430. The van der Waals surface area contributed by atoms with Crippen LogP contribution in [0.3, 0.4) is 0 Å². The molecule has 8 nitrogen and oxygen atoms in total. The summed E-state index contributed by atoms with van der Waals surface area (Å²) < 4.78 is 9.89. The summed E-state index contributed by atoms with van der Waals surface area (Å²) >= 11 is 0. The van der Waals surface area contributed by atoms with Gasteiger partial charge in [0.05, 0.1) is 0 Å². The molecule has 0 heterocycles. The monoisotopic (exact) mass is 371 g/mol. The van der Waals surface area contributed by atoms with Crippen molar-refractivity contribution in [3.8, 4) is 11.5 Å². The van der Waals surface area contributed by atoms with Crippen LogP contribution in [0.2, 0.25) is 0 Å². The molecule has 0 radical (unpaired) electrons. The highest BCUT2D eigenvalue weighted by molar-refractivity contribution is 5.97. The Morgan fingerprint density at radius 2 is 1.48 bits per heavy atom. The third-order valence-electron chi connectivity index (χ3n) is 3.37. The molecule has 1 atom stereocenters. The molecule has 0 aliphatic rings. The van der Waals surface area contributed by atoms with Gasteiger partial charge in [-0.1, -0.05) is 30.3 Å². The number of ether oxygens (including phenoxy) is 2. The second kappa shape index (κ2) is 8.61. The molecule has 2 N–H and O–H groups in total. The molecule has 2 rings (SSSR count). The fourth-order valence-electron chi connectivity index (χ4n) is 2.27. The Morgan fingerprint density at radius 1 is 0.889 bits per heavy atom. The normalized spacial score (nSPS) is 11.2. The molecule has 0 bridgehead atoms. The third kappa shape index (κ3) is 5.40. The smallest absolute Gasteiger partial charge is 0.330 e. The molecule has 2 aromatic carbocycles. The van der Waals surface area contributed by atoms with Crippen LogP contribution in [0.5, 0.6) is 11.5 Å². The average Bonchev–Trinajstić information content (AvgIpc) is 2.60. The number of nitrogens with one attached hydrogen (secondary N) is 1. The Morgan fingerprint density at radius 3 is 2.04 bits per heavy atom. The minimum Gasteiger partial charge on any atom is -0.479 e. The number of hydrogen-bond acceptors (Lipinski definition) is 6. The highest BCUT2D eigenvalue weighted by Crippen LogP contribution is 2.29. The van der Waals surface area contributed by atoms with E-state index in [1.54, 1.807) is 30.3 Å². The van der Waals surface area contributed by atoms with E-state index < -0.39 is 29.9 Å². The highest BCUT2D eigenvalue weighted by Gasteiger charge is 2.23. The van der Waals surface area contributed by atoms with Gasteiger partial charge in [0.15, 0.2) is 17.5 Å². The Kier molecular flexibility index (Phi) is 6.27. The number of carbonyl (C=O) groups excluding carboxylic acids is 3. The number of esters is 2. The number of amides is 1. The van der Waals surface area contributed by atoms with Gasteiger partial charge in [0.25, 0.3) is 5.91 Å². The minimum atomic E-state index is -1.26. The first-order valence-corrected chi connectivity index (χ1v) is 7.87. The van der Waals surface area contributed by atoms with Crippen LogP contribution in [0.4, 0.5) is 0 Å². The number of carboxylic acids is 1. The maximum absolute atomic E-state index is 12.5. The molecule has 0 saturated heterocycles. The molecule has 0 saturated carbocycles. The van der Waals surface area contributed by atoms with Gasteiger partial charge in [-0.05, 0) is 23.8 Å². The first-order valence-electron chi connectivity index (χ1n) is 7.87. The lowest BCUT2D eigenvalue weighted by atomic mass is 10.1. The van der Waals surface area contributed by atoms with Crippen molar-refractivity contribution in [2.45, 2.75) is 19.9 Å². The molecule has 27 heavy (non-hydrogen) atoms. The summed E-state index contributed by atoms with van der Waals surface area (Å²) in [6.45, 7) is 2.33. The van der Waals surface area contributed by atoms with Crippen molar-refractivity contribution in [2.75, 3.05) is 0 Å². The van der Waals surface area contributed by atoms with Gasteiger partial charge >= 0.3 is 17.9 Å². The number of carbonyl (C=O) groups is 4. The molecule has 0 fully saturated rings. The molecule has 0 spiro atoms. The van der Waals surface area contributed by atoms with Crippen molar-refractivity contribution < 1.29 is 33.8 Å². The number of benzene rings is 2. The van der Waals surface area contributed by atoms with E-state index in [9.17, 15) is 24.3 Å². The summed E-state index contributed by atoms with van der Waals surface area (Å²) in [4.78, 5) is 46.4. The predicted octanol–water partition coefficient (Wildman–Crippen LogP) is 2.09. The summed E-state index contributed by atoms with van der Waals surface area (Å²) in [5.74, 6) is -3.39. The SMILES string of the molecule is CC(=O)Oc1ccc(C(=O)N[C@@H](C(=O)O)c2ccccc2)cc1OC(C)=O. The molecular weight excluding hydrogens is 354 g/mol. The van der Waals surface area contributed by atoms with Crippen molar-refractivity contribution in [2.24, 2.45) is 0 Å². The van der Waals surface area contributed by atoms with Gasteiger partial charge in [-0.2, -0.15) is 0 Å². The van der Waals surface area contributed by atoms with Gasteiger partial charge in [-0.15, -0.1) is 0 Å². The number of hydrogen-bond donors (Lipinski definition) is 2. The molecule has 2 aromatic rings. The molecule has 0 aliphatic carbocycles. The topological polar surface area (TPSA) is 119 Å². The van der Waals surface area contributed by atoms with Crippen molar-refractivity contribution >= 4 is 23.8 Å². The van der Waals surface area contributed by atoms with Gasteiger partial charge in [0.2, 0.25) is 0 Å². The first kappa shape index (κ1) is 19.6. The van der Waals surface area contributed by atoms with Crippen LogP contribution >= 0.6 is 0 Å². The highest BCUT2D eigenvalue weighted by atomic mass is 16.6. The van der Waals surface area contributed by atoms with Gasteiger partial charge in [-0.25, -0.2) is 4.79 Å². The average molecular weight is 371 g/mol. The second-order valence-electron chi connectivity index (χ2n) is 5.50. The van der Waals surface area contributed by atoms with Gasteiger partial charge in [-0.3, -0.25) is 14.4 Å². The van der Waals surface area contributed by atoms with Crippen LogP contribution in [0, 0.1) is 0 Å². The van der Waals surface area contributed by atoms with Crippen LogP contribution < -0.4 is 14.8 Å². The second-order valence-corrected chi connectivity index (χ2v) is 5.50. The fraction of sp³-hybridized carbons (Fsp3) is 0.158. The molecule has 140 valence electrons. The molecular formula is C19H17NO7. The fourth-order valence-corrected chi connectivity index (χ4v) is 2.27. The van der Waals surface area contributed by atoms with Crippen LogP contribution in [-0.2, 0) is 14.4 Å². The molecule has 8 heteroatoms. The Bertz CT molecular complexity index is 877. The number of rotatable bonds is 6. The molecule has 0 unspecified atom stereocenters. The first-order chi connectivity index (χ1) is 12.8. The lowest BCUT2D eigenvalue weighted by Gasteiger charge is -2.16. The van der Waals surface area contributed by atoms with Crippen molar-refractivity contribution in [3.63, 3.8) is 0 Å². The Labute approximate surface area is 154 Å². The number of aliphatic carboxylic acids is 1. The van der Waals surface area contributed by atoms with Gasteiger partial charge < -0.3 is 19.9 Å². The van der Waals surface area contributed by atoms with Gasteiger partial charge in [0.1, 0.15) is 0 Å². The standard InChI is InChI=1S/C19H17NO7/c1-11(21)26-15-9-8-14(10-16(15)27-12(2)22)18(23)20-17(19(24)25)13-6-4-3-5-7-13/h3-10,17H,1-2H3,(H,20,23)(H,24,25)/t17-/m1/s1. The lowest BCUT2D eigenvalue weighted by molar-refractivity contribution is -0.139. The van der Waals surface area contributed by atoms with E-state index >= 15 is 0 Å². The van der Waals surface area contributed by atoms with E-state index in [1.165, 1.54) is 25.1 Å². The van der Waals surface area contributed by atoms with E-state index in [-0.39, 0.29) is 17.1 Å². The Hall–Kier alpha value is -3.68. The largest absolute Gasteiger partial charge is 0.479 e. The summed E-state index contributed by atoms with van der Waals surface area (Å²) in [7, 11) is 0. The van der Waals surface area contributed by atoms with Crippen LogP contribution in [0.1, 0.15) is 35.8 Å². The lowest BCUT2D eigenvalue weighted by Crippen LogP contribution is -2.33. The van der Waals surface area contributed by atoms with Crippen molar-refractivity contribution in [3.05, 3.63) is 59.7 Å². The third-order valence-corrected chi connectivity index (χ3v) is 3.37. The van der Waals surface area contributed by atoms with Crippen LogP contribution in [0.15, 0.2) is 48.5 Å². The zero-order valence-electron chi connectivity index (χ0n) is 14.6. The van der Waals surface area contributed by atoms with Crippen molar-refractivity contribution in [1.82, 2.24) is 5.32 Å². The zero-order chi connectivity index (χ0) is 20.0. The van der Waals surface area contributed by atoms with E-state index in [0.717, 1.165) is 6.92 Å². The predicted molar refractivity (Wildman–Crippen MR) is 93.3 cm³/mol. The zero-order valence-corrected chi connectivity index (χ0v) is 14.6. The van der Waals surface area contributed by atoms with E-state index in [1.807, 2.05) is 0 Å². The Balaban J connectivity index is 2.30. The maximum atomic E-state index is 12.5. The van der Waals surface area contributed by atoms with Crippen LogP contribution in [-0.4, -0.2) is 28.9 Å². The van der Waals surface area contributed by atoms with Crippen LogP contribution in [0.25, 0.3) is 0 Å². The summed E-state index contributed by atoms with van der Waals surface area (Å²) in [5, 5.41) is 11.8. The van der Waals surface area contributed by atoms with E-state index in [2.05, 4.69) is 5.32 Å². The van der Waals surface area contributed by atoms with Gasteiger partial charge in [0, 0.05) is 19.4 Å². The molecule has 0 aromatic heterocycles. The number of carboxylic acid groups (broad SMARTS) is 1.